The molecule has 21 heavy (non-hydrogen) atoms. The maximum absolute atomic E-state index is 12.1. The second-order valence-corrected chi connectivity index (χ2v) is 4.86. The van der Waals surface area contributed by atoms with E-state index in [1.807, 2.05) is 12.1 Å². The van der Waals surface area contributed by atoms with Crippen molar-refractivity contribution in [3.05, 3.63) is 30.7 Å². The van der Waals surface area contributed by atoms with Gasteiger partial charge in [-0.05, 0) is 30.7 Å². The summed E-state index contributed by atoms with van der Waals surface area (Å²) in [5, 5.41) is 13.5. The van der Waals surface area contributed by atoms with Gasteiger partial charge in [-0.1, -0.05) is 0 Å². The number of carbonyl (C=O) groups is 1. The normalized spacial score (nSPS) is 21.4. The van der Waals surface area contributed by atoms with Crippen molar-refractivity contribution in [2.75, 3.05) is 19.0 Å². The number of carbonyl (C=O) groups excluding carboxylic acids is 1. The van der Waals surface area contributed by atoms with Crippen molar-refractivity contribution in [3.8, 4) is 11.5 Å². The van der Waals surface area contributed by atoms with Crippen molar-refractivity contribution in [1.82, 2.24) is 15.5 Å². The number of hydrogen-bond donors (Lipinski definition) is 2. The molecule has 0 radical (unpaired) electrons. The third-order valence-corrected chi connectivity index (χ3v) is 3.50. The Kier molecular flexibility index (Phi) is 3.94. The van der Waals surface area contributed by atoms with E-state index in [0.717, 1.165) is 11.3 Å². The maximum Gasteiger partial charge on any atom is 0.247 e. The molecule has 3 rings (SSSR count). The monoisotopic (exact) mass is 288 g/mol. The number of amides is 1. The number of benzene rings is 1. The number of hydrogen-bond acceptors (Lipinski definition) is 6. The van der Waals surface area contributed by atoms with Crippen LogP contribution in [0.25, 0.3) is 11.5 Å². The minimum Gasteiger partial charge on any atom is -0.423 e. The fourth-order valence-electron chi connectivity index (χ4n) is 2.31. The lowest BCUT2D eigenvalue weighted by molar-refractivity contribution is -0.118. The van der Waals surface area contributed by atoms with Gasteiger partial charge in [-0.15, -0.1) is 10.2 Å². The number of aromatic nitrogens is 2. The van der Waals surface area contributed by atoms with Gasteiger partial charge in [-0.3, -0.25) is 4.79 Å². The Morgan fingerprint density at radius 1 is 1.43 bits per heavy atom. The molecule has 0 spiro atoms. The molecule has 1 aromatic heterocycles. The molecule has 7 nitrogen and oxygen atoms in total. The van der Waals surface area contributed by atoms with Crippen LogP contribution < -0.4 is 10.6 Å². The Bertz CT molecular complexity index is 597. The summed E-state index contributed by atoms with van der Waals surface area (Å²) in [6, 6.07) is 7.04. The molecule has 110 valence electrons. The van der Waals surface area contributed by atoms with Crippen LogP contribution in [0.5, 0.6) is 0 Å². The Balaban J connectivity index is 1.62. The SMILES string of the molecule is COC1CNC(C(=O)Nc2ccc(-c3nnco3)cc2)C1. The molecule has 7 heteroatoms. The van der Waals surface area contributed by atoms with Gasteiger partial charge >= 0.3 is 0 Å². The van der Waals surface area contributed by atoms with Crippen LogP contribution in [-0.2, 0) is 9.53 Å². The quantitative estimate of drug-likeness (QED) is 0.874. The number of methoxy groups -OCH3 is 1. The summed E-state index contributed by atoms with van der Waals surface area (Å²) in [6.45, 7) is 0.699. The van der Waals surface area contributed by atoms with Crippen LogP contribution in [0.15, 0.2) is 35.1 Å². The standard InChI is InChI=1S/C14H16N4O3/c1-20-11-6-12(15-7-11)13(19)17-10-4-2-9(3-5-10)14-18-16-8-21-14/h2-5,8,11-12,15H,6-7H2,1H3,(H,17,19). The highest BCUT2D eigenvalue weighted by Crippen LogP contribution is 2.19. The van der Waals surface area contributed by atoms with E-state index >= 15 is 0 Å². The highest BCUT2D eigenvalue weighted by molar-refractivity contribution is 5.95. The Morgan fingerprint density at radius 2 is 2.24 bits per heavy atom. The Morgan fingerprint density at radius 3 is 2.86 bits per heavy atom. The zero-order chi connectivity index (χ0) is 14.7. The predicted octanol–water partition coefficient (Wildman–Crippen LogP) is 1.05. The first-order chi connectivity index (χ1) is 10.3. The second-order valence-electron chi connectivity index (χ2n) is 4.86. The van der Waals surface area contributed by atoms with Gasteiger partial charge in [0.15, 0.2) is 0 Å². The fraction of sp³-hybridized carbons (Fsp3) is 0.357. The predicted molar refractivity (Wildman–Crippen MR) is 75.6 cm³/mol. The van der Waals surface area contributed by atoms with Crippen LogP contribution >= 0.6 is 0 Å². The molecule has 2 heterocycles. The van der Waals surface area contributed by atoms with Crippen LogP contribution in [-0.4, -0.2) is 41.9 Å². The van der Waals surface area contributed by atoms with Crippen LogP contribution in [0.1, 0.15) is 6.42 Å². The van der Waals surface area contributed by atoms with Crippen molar-refractivity contribution in [2.24, 2.45) is 0 Å². The summed E-state index contributed by atoms with van der Waals surface area (Å²) in [5.41, 5.74) is 1.54. The second kappa shape index (κ2) is 6.02. The lowest BCUT2D eigenvalue weighted by Gasteiger charge is -2.11. The molecule has 2 N–H and O–H groups in total. The van der Waals surface area contributed by atoms with E-state index in [1.54, 1.807) is 19.2 Å². The van der Waals surface area contributed by atoms with Gasteiger partial charge in [-0.2, -0.15) is 0 Å². The van der Waals surface area contributed by atoms with Gasteiger partial charge in [0.25, 0.3) is 0 Å². The maximum atomic E-state index is 12.1. The molecule has 0 saturated carbocycles. The Labute approximate surface area is 121 Å². The average Bonchev–Trinajstić information content (AvgIpc) is 3.19. The minimum atomic E-state index is -0.217. The van der Waals surface area contributed by atoms with Crippen LogP contribution in [0.3, 0.4) is 0 Å². The molecule has 2 aromatic rings. The molecule has 1 amide bonds. The molecule has 0 bridgehead atoms. The van der Waals surface area contributed by atoms with E-state index in [9.17, 15) is 4.79 Å². The third-order valence-electron chi connectivity index (χ3n) is 3.50. The van der Waals surface area contributed by atoms with Crippen molar-refractivity contribution in [1.29, 1.82) is 0 Å². The molecule has 1 aromatic carbocycles. The molecule has 1 fully saturated rings. The highest BCUT2D eigenvalue weighted by atomic mass is 16.5. The van der Waals surface area contributed by atoms with Gasteiger partial charge < -0.3 is 19.8 Å². The van der Waals surface area contributed by atoms with E-state index in [-0.39, 0.29) is 18.1 Å². The van der Waals surface area contributed by atoms with Crippen LogP contribution in [0.4, 0.5) is 5.69 Å². The van der Waals surface area contributed by atoms with Gasteiger partial charge in [0.05, 0.1) is 12.1 Å². The van der Waals surface area contributed by atoms with Crippen LogP contribution in [0, 0.1) is 0 Å². The number of anilines is 1. The molecule has 2 atom stereocenters. The largest absolute Gasteiger partial charge is 0.423 e. The van der Waals surface area contributed by atoms with Crippen LogP contribution in [0.2, 0.25) is 0 Å². The molecule has 1 aliphatic rings. The number of nitrogens with one attached hydrogen (secondary N) is 2. The van der Waals surface area contributed by atoms with E-state index < -0.39 is 0 Å². The molecular weight excluding hydrogens is 272 g/mol. The molecular formula is C14H16N4O3. The van der Waals surface area contributed by atoms with Crippen molar-refractivity contribution in [2.45, 2.75) is 18.6 Å². The lowest BCUT2D eigenvalue weighted by Crippen LogP contribution is -2.35. The highest BCUT2D eigenvalue weighted by Gasteiger charge is 2.29. The number of rotatable bonds is 4. The summed E-state index contributed by atoms with van der Waals surface area (Å²) in [6.07, 6.45) is 2.06. The first kappa shape index (κ1) is 13.7. The van der Waals surface area contributed by atoms with Gasteiger partial charge in [-0.25, -0.2) is 0 Å². The number of ether oxygens (including phenoxy) is 1. The first-order valence-electron chi connectivity index (χ1n) is 6.70. The van der Waals surface area contributed by atoms with E-state index in [1.165, 1.54) is 6.39 Å². The fourth-order valence-corrected chi connectivity index (χ4v) is 2.31. The van der Waals surface area contributed by atoms with Crippen molar-refractivity contribution in [3.63, 3.8) is 0 Å². The zero-order valence-electron chi connectivity index (χ0n) is 11.6. The molecule has 1 aliphatic heterocycles. The van der Waals surface area contributed by atoms with E-state index in [0.29, 0.717) is 18.9 Å². The van der Waals surface area contributed by atoms with E-state index in [4.69, 9.17) is 9.15 Å². The summed E-state index contributed by atoms with van der Waals surface area (Å²) in [4.78, 5) is 12.1. The summed E-state index contributed by atoms with van der Waals surface area (Å²) >= 11 is 0. The first-order valence-corrected chi connectivity index (χ1v) is 6.70. The molecule has 1 saturated heterocycles. The summed E-state index contributed by atoms with van der Waals surface area (Å²) < 4.78 is 10.3. The zero-order valence-corrected chi connectivity index (χ0v) is 11.6. The third kappa shape index (κ3) is 3.09. The smallest absolute Gasteiger partial charge is 0.247 e. The summed E-state index contributed by atoms with van der Waals surface area (Å²) in [5.74, 6) is 0.397. The Hall–Kier alpha value is -2.25. The van der Waals surface area contributed by atoms with Gasteiger partial charge in [0.1, 0.15) is 0 Å². The lowest BCUT2D eigenvalue weighted by atomic mass is 10.1. The number of nitrogens with zero attached hydrogens (tertiary/aromatic N) is 2. The average molecular weight is 288 g/mol. The van der Waals surface area contributed by atoms with Gasteiger partial charge in [0, 0.05) is 24.9 Å². The summed E-state index contributed by atoms with van der Waals surface area (Å²) in [7, 11) is 1.66. The minimum absolute atomic E-state index is 0.0555. The molecule has 2 unspecified atom stereocenters. The van der Waals surface area contributed by atoms with Gasteiger partial charge in [0.2, 0.25) is 18.2 Å². The molecule has 0 aliphatic carbocycles. The van der Waals surface area contributed by atoms with Crippen molar-refractivity contribution >= 4 is 11.6 Å². The topological polar surface area (TPSA) is 89.3 Å². The van der Waals surface area contributed by atoms with E-state index in [2.05, 4.69) is 20.8 Å². The van der Waals surface area contributed by atoms with Crippen molar-refractivity contribution < 1.29 is 13.9 Å².